The van der Waals surface area contributed by atoms with Gasteiger partial charge >= 0.3 is 0 Å². The second kappa shape index (κ2) is 12.3. The van der Waals surface area contributed by atoms with E-state index in [1.54, 1.807) is 12.1 Å². The lowest BCUT2D eigenvalue weighted by Gasteiger charge is -2.19. The maximum atomic E-state index is 12.8. The summed E-state index contributed by atoms with van der Waals surface area (Å²) in [5.41, 5.74) is 5.13. The maximum Gasteiger partial charge on any atom is 0.258 e. The van der Waals surface area contributed by atoms with Gasteiger partial charge in [0.1, 0.15) is 18.4 Å². The second-order valence-electron chi connectivity index (χ2n) is 8.66. The number of aryl methyl sites for hydroxylation is 1. The van der Waals surface area contributed by atoms with E-state index >= 15 is 0 Å². The van der Waals surface area contributed by atoms with E-state index < -0.39 is 22.0 Å². The van der Waals surface area contributed by atoms with Gasteiger partial charge in [0.15, 0.2) is 0 Å². The van der Waals surface area contributed by atoms with Gasteiger partial charge in [0.05, 0.1) is 11.1 Å². The molecule has 1 amide bonds. The zero-order valence-corrected chi connectivity index (χ0v) is 21.0. The smallest absolute Gasteiger partial charge is 0.258 e. The van der Waals surface area contributed by atoms with E-state index in [4.69, 9.17) is 4.74 Å². The highest BCUT2D eigenvalue weighted by atomic mass is 32.2. The number of hydrogen-bond acceptors (Lipinski definition) is 5. The van der Waals surface area contributed by atoms with Gasteiger partial charge in [-0.1, -0.05) is 74.0 Å². The van der Waals surface area contributed by atoms with Gasteiger partial charge in [0.25, 0.3) is 5.91 Å². The zero-order chi connectivity index (χ0) is 25.3. The molecule has 0 radical (unpaired) electrons. The van der Waals surface area contributed by atoms with Gasteiger partial charge < -0.3 is 4.74 Å². The van der Waals surface area contributed by atoms with E-state index in [1.807, 2.05) is 75.4 Å². The van der Waals surface area contributed by atoms with Gasteiger partial charge in [0, 0.05) is 5.56 Å². The van der Waals surface area contributed by atoms with Crippen LogP contribution in [-0.2, 0) is 21.4 Å². The van der Waals surface area contributed by atoms with Gasteiger partial charge in [-0.2, -0.15) is 9.82 Å². The molecule has 184 valence electrons. The first-order chi connectivity index (χ1) is 16.7. The highest BCUT2D eigenvalue weighted by Crippen LogP contribution is 2.18. The first-order valence-electron chi connectivity index (χ1n) is 11.4. The lowest BCUT2D eigenvalue weighted by molar-refractivity contribution is -0.123. The molecule has 0 heterocycles. The molecule has 2 N–H and O–H groups in total. The van der Waals surface area contributed by atoms with Crippen molar-refractivity contribution in [2.24, 2.45) is 11.0 Å². The SMILES string of the molecule is Cc1ccc(S(=O)(=O)N[C@H](CC(C)C)C(=O)N/N=C\c2ccccc2OCc2ccccc2)cc1. The van der Waals surface area contributed by atoms with Crippen LogP contribution in [0.1, 0.15) is 37.0 Å². The fraction of sp³-hybridized carbons (Fsp3) is 0.259. The Labute approximate surface area is 207 Å². The fourth-order valence-corrected chi connectivity index (χ4v) is 4.56. The minimum absolute atomic E-state index is 0.0857. The Kier molecular flexibility index (Phi) is 9.17. The largest absolute Gasteiger partial charge is 0.488 e. The lowest BCUT2D eigenvalue weighted by Crippen LogP contribution is -2.46. The molecule has 3 rings (SSSR count). The van der Waals surface area contributed by atoms with Crippen molar-refractivity contribution in [3.8, 4) is 5.75 Å². The second-order valence-corrected chi connectivity index (χ2v) is 10.4. The number of para-hydroxylation sites is 1. The van der Waals surface area contributed by atoms with E-state index in [2.05, 4.69) is 15.2 Å². The number of ether oxygens (including phenoxy) is 1. The number of benzene rings is 3. The monoisotopic (exact) mass is 493 g/mol. The molecule has 0 aromatic heterocycles. The molecule has 35 heavy (non-hydrogen) atoms. The number of nitrogens with one attached hydrogen (secondary N) is 2. The first kappa shape index (κ1) is 26.1. The van der Waals surface area contributed by atoms with Crippen molar-refractivity contribution in [2.75, 3.05) is 0 Å². The zero-order valence-electron chi connectivity index (χ0n) is 20.1. The summed E-state index contributed by atoms with van der Waals surface area (Å²) in [7, 11) is -3.87. The Morgan fingerprint density at radius 3 is 2.31 bits per heavy atom. The van der Waals surface area contributed by atoms with E-state index in [-0.39, 0.29) is 10.8 Å². The van der Waals surface area contributed by atoms with Crippen molar-refractivity contribution >= 4 is 22.1 Å². The normalized spacial score (nSPS) is 12.6. The number of hydrogen-bond donors (Lipinski definition) is 2. The van der Waals surface area contributed by atoms with Crippen LogP contribution in [0.5, 0.6) is 5.75 Å². The van der Waals surface area contributed by atoms with Crippen molar-refractivity contribution in [3.63, 3.8) is 0 Å². The van der Waals surface area contributed by atoms with Crippen LogP contribution in [0.3, 0.4) is 0 Å². The van der Waals surface area contributed by atoms with E-state index in [0.29, 0.717) is 24.3 Å². The summed E-state index contributed by atoms with van der Waals surface area (Å²) in [6.45, 7) is 6.12. The minimum atomic E-state index is -3.87. The van der Waals surface area contributed by atoms with Crippen LogP contribution in [0.4, 0.5) is 0 Å². The number of amides is 1. The number of sulfonamides is 1. The predicted molar refractivity (Wildman–Crippen MR) is 138 cm³/mol. The van der Waals surface area contributed by atoms with Crippen LogP contribution in [0.15, 0.2) is 88.9 Å². The Morgan fingerprint density at radius 1 is 0.971 bits per heavy atom. The molecule has 7 nitrogen and oxygen atoms in total. The highest BCUT2D eigenvalue weighted by Gasteiger charge is 2.26. The summed E-state index contributed by atoms with van der Waals surface area (Å²) in [4.78, 5) is 13.0. The molecule has 0 aliphatic carbocycles. The molecule has 0 spiro atoms. The number of nitrogens with zero attached hydrogens (tertiary/aromatic N) is 1. The van der Waals surface area contributed by atoms with Gasteiger partial charge in [-0.05, 0) is 49.1 Å². The molecular formula is C27H31N3O4S. The van der Waals surface area contributed by atoms with Crippen LogP contribution in [0.2, 0.25) is 0 Å². The van der Waals surface area contributed by atoms with Crippen molar-refractivity contribution in [3.05, 3.63) is 95.6 Å². The molecule has 0 aliphatic rings. The fourth-order valence-electron chi connectivity index (χ4n) is 3.35. The summed E-state index contributed by atoms with van der Waals surface area (Å²) in [6.07, 6.45) is 1.81. The Balaban J connectivity index is 1.67. The molecule has 0 unspecified atom stereocenters. The summed E-state index contributed by atoms with van der Waals surface area (Å²) in [5, 5.41) is 4.06. The summed E-state index contributed by atoms with van der Waals surface area (Å²) in [6, 6.07) is 22.6. The quantitative estimate of drug-likeness (QED) is 0.305. The third-order valence-corrected chi connectivity index (χ3v) is 6.67. The number of carbonyl (C=O) groups is 1. The number of carbonyl (C=O) groups excluding carboxylic acids is 1. The van der Waals surface area contributed by atoms with Gasteiger partial charge in [-0.3, -0.25) is 4.79 Å². The van der Waals surface area contributed by atoms with Crippen molar-refractivity contribution < 1.29 is 17.9 Å². The third-order valence-electron chi connectivity index (χ3n) is 5.19. The van der Waals surface area contributed by atoms with E-state index in [9.17, 15) is 13.2 Å². The van der Waals surface area contributed by atoms with E-state index in [1.165, 1.54) is 18.3 Å². The standard InChI is InChI=1S/C27H31N3O4S/c1-20(2)17-25(30-35(32,33)24-15-13-21(3)14-16-24)27(31)29-28-18-23-11-7-8-12-26(23)34-19-22-9-5-4-6-10-22/h4-16,18,20,25,30H,17,19H2,1-3H3,(H,29,31)/b28-18-/t25-/m1/s1. The molecule has 0 saturated heterocycles. The van der Waals surface area contributed by atoms with Gasteiger partial charge in [-0.15, -0.1) is 0 Å². The van der Waals surface area contributed by atoms with Crippen molar-refractivity contribution in [2.45, 2.75) is 44.7 Å². The summed E-state index contributed by atoms with van der Waals surface area (Å²) < 4.78 is 34.1. The topological polar surface area (TPSA) is 96.9 Å². The Bertz CT molecular complexity index is 1240. The van der Waals surface area contributed by atoms with Crippen LogP contribution >= 0.6 is 0 Å². The molecule has 0 bridgehead atoms. The Hall–Kier alpha value is -3.49. The first-order valence-corrected chi connectivity index (χ1v) is 12.9. The van der Waals surface area contributed by atoms with E-state index in [0.717, 1.165) is 11.1 Å². The van der Waals surface area contributed by atoms with Gasteiger partial charge in [-0.25, -0.2) is 13.8 Å². The number of rotatable bonds is 11. The molecule has 0 saturated carbocycles. The third kappa shape index (κ3) is 8.05. The van der Waals surface area contributed by atoms with Crippen molar-refractivity contribution in [1.29, 1.82) is 0 Å². The van der Waals surface area contributed by atoms with Crippen LogP contribution in [0.25, 0.3) is 0 Å². The average molecular weight is 494 g/mol. The molecule has 0 aliphatic heterocycles. The number of hydrazone groups is 1. The Morgan fingerprint density at radius 2 is 1.63 bits per heavy atom. The highest BCUT2D eigenvalue weighted by molar-refractivity contribution is 7.89. The molecule has 8 heteroatoms. The molecule has 3 aromatic carbocycles. The van der Waals surface area contributed by atoms with Crippen LogP contribution < -0.4 is 14.9 Å². The molecule has 3 aromatic rings. The minimum Gasteiger partial charge on any atom is -0.488 e. The lowest BCUT2D eigenvalue weighted by atomic mass is 10.0. The van der Waals surface area contributed by atoms with Crippen LogP contribution in [0, 0.1) is 12.8 Å². The predicted octanol–water partition coefficient (Wildman–Crippen LogP) is 4.42. The molecular weight excluding hydrogens is 462 g/mol. The summed E-state index contributed by atoms with van der Waals surface area (Å²) >= 11 is 0. The van der Waals surface area contributed by atoms with Crippen molar-refractivity contribution in [1.82, 2.24) is 10.1 Å². The van der Waals surface area contributed by atoms with Gasteiger partial charge in [0.2, 0.25) is 10.0 Å². The molecule has 0 fully saturated rings. The van der Waals surface area contributed by atoms with Crippen LogP contribution in [-0.4, -0.2) is 26.6 Å². The molecule has 1 atom stereocenters. The maximum absolute atomic E-state index is 12.8. The average Bonchev–Trinajstić information content (AvgIpc) is 2.83. The summed E-state index contributed by atoms with van der Waals surface area (Å²) in [5.74, 6) is 0.170.